The van der Waals surface area contributed by atoms with Gasteiger partial charge in [-0.3, -0.25) is 10.2 Å². The zero-order valence-electron chi connectivity index (χ0n) is 7.56. The number of guanidine groups is 1. The van der Waals surface area contributed by atoms with Gasteiger partial charge in [0.2, 0.25) is 5.91 Å². The molecule has 0 saturated carbocycles. The molecule has 0 aliphatic rings. The minimum Gasteiger partial charge on any atom is -0.370 e. The van der Waals surface area contributed by atoms with Crippen molar-refractivity contribution in [1.82, 2.24) is 10.6 Å². The summed E-state index contributed by atoms with van der Waals surface area (Å²) in [6.07, 6.45) is 1.42. The van der Waals surface area contributed by atoms with Crippen molar-refractivity contribution in [3.63, 3.8) is 0 Å². The SMILES string of the molecule is CCCC(NC(=N)N)NC(=O)CBr. The molecule has 0 aromatic carbocycles. The third-order valence-corrected chi connectivity index (χ3v) is 1.87. The summed E-state index contributed by atoms with van der Waals surface area (Å²) in [6.45, 7) is 2.00. The van der Waals surface area contributed by atoms with Crippen molar-refractivity contribution in [3.05, 3.63) is 0 Å². The summed E-state index contributed by atoms with van der Waals surface area (Å²) in [5.74, 6) is -0.250. The number of halogens is 1. The van der Waals surface area contributed by atoms with E-state index in [-0.39, 0.29) is 23.4 Å². The first kappa shape index (κ1) is 12.2. The lowest BCUT2D eigenvalue weighted by molar-refractivity contribution is -0.119. The van der Waals surface area contributed by atoms with Gasteiger partial charge in [0.05, 0.1) is 5.33 Å². The fourth-order valence-electron chi connectivity index (χ4n) is 0.890. The lowest BCUT2D eigenvalue weighted by Gasteiger charge is -2.18. The molecule has 5 nitrogen and oxygen atoms in total. The molecule has 0 rings (SSSR count). The first-order chi connectivity index (χ1) is 6.10. The Kier molecular flexibility index (Phi) is 6.30. The highest BCUT2D eigenvalue weighted by atomic mass is 79.9. The maximum absolute atomic E-state index is 11.0. The van der Waals surface area contributed by atoms with Gasteiger partial charge in [0.25, 0.3) is 0 Å². The van der Waals surface area contributed by atoms with E-state index in [0.717, 1.165) is 12.8 Å². The summed E-state index contributed by atoms with van der Waals surface area (Å²) in [6, 6.07) is 0. The number of rotatable bonds is 5. The number of hydrogen-bond acceptors (Lipinski definition) is 2. The van der Waals surface area contributed by atoms with Crippen molar-refractivity contribution in [1.29, 1.82) is 5.41 Å². The van der Waals surface area contributed by atoms with Gasteiger partial charge in [-0.05, 0) is 6.42 Å². The van der Waals surface area contributed by atoms with Gasteiger partial charge in [-0.15, -0.1) is 0 Å². The second-order valence-corrected chi connectivity index (χ2v) is 3.16. The van der Waals surface area contributed by atoms with E-state index in [4.69, 9.17) is 11.1 Å². The topological polar surface area (TPSA) is 91.0 Å². The second-order valence-electron chi connectivity index (χ2n) is 2.60. The molecule has 0 fully saturated rings. The van der Waals surface area contributed by atoms with Crippen LogP contribution >= 0.6 is 15.9 Å². The lowest BCUT2D eigenvalue weighted by Crippen LogP contribution is -2.50. The summed E-state index contributed by atoms with van der Waals surface area (Å²) in [5.41, 5.74) is 5.15. The van der Waals surface area contributed by atoms with Gasteiger partial charge in [-0.2, -0.15) is 0 Å². The van der Waals surface area contributed by atoms with Crippen LogP contribution in [0.4, 0.5) is 0 Å². The van der Waals surface area contributed by atoms with Gasteiger partial charge in [-0.25, -0.2) is 0 Å². The Balaban J connectivity index is 3.93. The zero-order valence-corrected chi connectivity index (χ0v) is 9.15. The van der Waals surface area contributed by atoms with Crippen LogP contribution in [-0.4, -0.2) is 23.4 Å². The Hall–Kier alpha value is -0.780. The summed E-state index contributed by atoms with van der Waals surface area (Å²) in [7, 11) is 0. The molecule has 0 radical (unpaired) electrons. The average Bonchev–Trinajstić information content (AvgIpc) is 2.03. The molecule has 0 aliphatic heterocycles. The molecule has 1 unspecified atom stereocenters. The molecule has 1 atom stereocenters. The van der Waals surface area contributed by atoms with E-state index < -0.39 is 0 Å². The Morgan fingerprint density at radius 3 is 2.62 bits per heavy atom. The molecule has 13 heavy (non-hydrogen) atoms. The molecule has 0 aromatic rings. The largest absolute Gasteiger partial charge is 0.370 e. The van der Waals surface area contributed by atoms with E-state index in [9.17, 15) is 4.79 Å². The van der Waals surface area contributed by atoms with Crippen LogP contribution in [0, 0.1) is 5.41 Å². The molecular weight excluding hydrogens is 236 g/mol. The molecule has 76 valence electrons. The third-order valence-electron chi connectivity index (χ3n) is 1.36. The number of amides is 1. The van der Waals surface area contributed by atoms with E-state index in [1.54, 1.807) is 0 Å². The van der Waals surface area contributed by atoms with E-state index in [1.165, 1.54) is 0 Å². The number of carbonyl (C=O) groups excluding carboxylic acids is 1. The maximum atomic E-state index is 11.0. The Labute approximate surface area is 86.1 Å². The number of hydrogen-bond donors (Lipinski definition) is 4. The Bertz CT molecular complexity index is 185. The number of carbonyl (C=O) groups is 1. The predicted molar refractivity (Wildman–Crippen MR) is 55.7 cm³/mol. The van der Waals surface area contributed by atoms with Crippen LogP contribution in [0.1, 0.15) is 19.8 Å². The lowest BCUT2D eigenvalue weighted by atomic mass is 10.2. The highest BCUT2D eigenvalue weighted by molar-refractivity contribution is 9.09. The van der Waals surface area contributed by atoms with Crippen LogP contribution in [0.3, 0.4) is 0 Å². The molecule has 0 aliphatic carbocycles. The molecule has 0 heterocycles. The minimum atomic E-state index is -0.243. The van der Waals surface area contributed by atoms with Gasteiger partial charge >= 0.3 is 0 Å². The average molecular weight is 251 g/mol. The fraction of sp³-hybridized carbons (Fsp3) is 0.714. The molecule has 0 bridgehead atoms. The van der Waals surface area contributed by atoms with Crippen molar-refractivity contribution in [2.45, 2.75) is 25.9 Å². The molecule has 0 spiro atoms. The first-order valence-electron chi connectivity index (χ1n) is 4.06. The summed E-state index contributed by atoms with van der Waals surface area (Å²) in [5, 5.41) is 12.6. The van der Waals surface area contributed by atoms with Crippen LogP contribution in [0.15, 0.2) is 0 Å². The highest BCUT2D eigenvalue weighted by Gasteiger charge is 2.09. The zero-order chi connectivity index (χ0) is 10.3. The summed E-state index contributed by atoms with van der Waals surface area (Å²) < 4.78 is 0. The number of nitrogens with one attached hydrogen (secondary N) is 3. The van der Waals surface area contributed by atoms with Gasteiger partial charge in [0.1, 0.15) is 6.17 Å². The smallest absolute Gasteiger partial charge is 0.232 e. The molecule has 6 heteroatoms. The highest BCUT2D eigenvalue weighted by Crippen LogP contribution is 1.93. The van der Waals surface area contributed by atoms with E-state index >= 15 is 0 Å². The van der Waals surface area contributed by atoms with Crippen molar-refractivity contribution in [2.24, 2.45) is 5.73 Å². The fourth-order valence-corrected chi connectivity index (χ4v) is 1.05. The van der Waals surface area contributed by atoms with E-state index in [2.05, 4.69) is 26.6 Å². The molecule has 1 amide bonds. The van der Waals surface area contributed by atoms with Gasteiger partial charge in [-0.1, -0.05) is 29.3 Å². The predicted octanol–water partition coefficient (Wildman–Crippen LogP) is 0.107. The number of alkyl halides is 1. The maximum Gasteiger partial charge on any atom is 0.232 e. The normalized spacial score (nSPS) is 11.8. The van der Waals surface area contributed by atoms with Gasteiger partial charge < -0.3 is 16.4 Å². The third kappa shape index (κ3) is 6.39. The molecule has 0 aromatic heterocycles. The van der Waals surface area contributed by atoms with Crippen molar-refractivity contribution in [3.8, 4) is 0 Å². The quantitative estimate of drug-likeness (QED) is 0.242. The van der Waals surface area contributed by atoms with E-state index in [0.29, 0.717) is 0 Å². The summed E-state index contributed by atoms with van der Waals surface area (Å²) in [4.78, 5) is 11.0. The monoisotopic (exact) mass is 250 g/mol. The second kappa shape index (κ2) is 6.71. The van der Waals surface area contributed by atoms with Crippen LogP contribution in [0.2, 0.25) is 0 Å². The standard InChI is InChI=1S/C7H15BrN4O/c1-2-3-5(12-7(9)10)11-6(13)4-8/h5H,2-4H2,1H3,(H,11,13)(H4,9,10,12). The van der Waals surface area contributed by atoms with Gasteiger partial charge in [0, 0.05) is 0 Å². The Morgan fingerprint density at radius 1 is 1.62 bits per heavy atom. The number of nitrogens with two attached hydrogens (primary N) is 1. The first-order valence-corrected chi connectivity index (χ1v) is 5.18. The van der Waals surface area contributed by atoms with Crippen molar-refractivity contribution in [2.75, 3.05) is 5.33 Å². The molecule has 5 N–H and O–H groups in total. The Morgan fingerprint density at radius 2 is 2.23 bits per heavy atom. The van der Waals surface area contributed by atoms with Crippen LogP contribution in [0.25, 0.3) is 0 Å². The summed E-state index contributed by atoms with van der Waals surface area (Å²) >= 11 is 3.04. The van der Waals surface area contributed by atoms with Crippen LogP contribution < -0.4 is 16.4 Å². The van der Waals surface area contributed by atoms with Gasteiger partial charge in [0.15, 0.2) is 5.96 Å². The van der Waals surface area contributed by atoms with Crippen molar-refractivity contribution >= 4 is 27.8 Å². The van der Waals surface area contributed by atoms with E-state index in [1.807, 2.05) is 6.92 Å². The van der Waals surface area contributed by atoms with Crippen molar-refractivity contribution < 1.29 is 4.79 Å². The molecule has 0 saturated heterocycles. The minimum absolute atomic E-state index is 0.118. The van der Waals surface area contributed by atoms with Crippen LogP contribution in [0.5, 0.6) is 0 Å². The van der Waals surface area contributed by atoms with Crippen LogP contribution in [-0.2, 0) is 4.79 Å². The molecular formula is C7H15BrN4O.